The maximum absolute atomic E-state index is 12.6. The highest BCUT2D eigenvalue weighted by Gasteiger charge is 2.55. The number of aromatic nitrogens is 2. The lowest BCUT2D eigenvalue weighted by Gasteiger charge is -2.24. The maximum atomic E-state index is 12.6. The molecule has 0 bridgehead atoms. The van der Waals surface area contributed by atoms with E-state index in [1.807, 2.05) is 13.8 Å². The van der Waals surface area contributed by atoms with Gasteiger partial charge < -0.3 is 24.6 Å². The summed E-state index contributed by atoms with van der Waals surface area (Å²) in [5, 5.41) is 16.3. The lowest BCUT2D eigenvalue weighted by Crippen LogP contribution is -2.42. The second-order valence-electron chi connectivity index (χ2n) is 7.51. The van der Waals surface area contributed by atoms with E-state index in [-0.39, 0.29) is 31.2 Å². The molecule has 0 spiro atoms. The maximum Gasteiger partial charge on any atom is 0.318 e. The monoisotopic (exact) mass is 366 g/mol. The van der Waals surface area contributed by atoms with E-state index in [0.717, 1.165) is 12.8 Å². The number of aliphatic carboxylic acids is 1. The average molecular weight is 366 g/mol. The van der Waals surface area contributed by atoms with Crippen molar-refractivity contribution in [2.75, 3.05) is 13.1 Å². The van der Waals surface area contributed by atoms with Crippen molar-refractivity contribution < 1.29 is 24.0 Å². The Balaban J connectivity index is 1.57. The van der Waals surface area contributed by atoms with Crippen LogP contribution < -0.4 is 5.32 Å². The SMILES string of the molecule is CC(C)OCc1nc(C(C)NC(=O)N2C[C@@H]3CCC[C@@]3(C(=O)O)C2)no1. The minimum absolute atomic E-state index is 0.0333. The van der Waals surface area contributed by atoms with Crippen LogP contribution in [-0.4, -0.2) is 51.3 Å². The van der Waals surface area contributed by atoms with Crippen molar-refractivity contribution in [2.24, 2.45) is 11.3 Å². The summed E-state index contributed by atoms with van der Waals surface area (Å²) in [5.74, 6) is -0.0364. The Morgan fingerprint density at radius 2 is 2.23 bits per heavy atom. The smallest absolute Gasteiger partial charge is 0.318 e. The first-order valence-corrected chi connectivity index (χ1v) is 9.05. The number of nitrogens with one attached hydrogen (secondary N) is 1. The van der Waals surface area contributed by atoms with Crippen LogP contribution in [0.2, 0.25) is 0 Å². The second-order valence-corrected chi connectivity index (χ2v) is 7.51. The van der Waals surface area contributed by atoms with Crippen molar-refractivity contribution in [3.8, 4) is 0 Å². The first-order valence-electron chi connectivity index (χ1n) is 9.05. The van der Waals surface area contributed by atoms with Gasteiger partial charge in [0.25, 0.3) is 5.89 Å². The molecule has 3 atom stereocenters. The highest BCUT2D eigenvalue weighted by Crippen LogP contribution is 2.48. The molecule has 0 radical (unpaired) electrons. The molecule has 1 saturated carbocycles. The molecular weight excluding hydrogens is 340 g/mol. The molecule has 26 heavy (non-hydrogen) atoms. The standard InChI is InChI=1S/C17H26N4O5/c1-10(2)25-8-13-19-14(20-26-13)11(3)18-16(24)21-7-12-5-4-6-17(12,9-21)15(22)23/h10-12H,4-9H2,1-3H3,(H,18,24)(H,22,23)/t11?,12-,17+/m0/s1. The van der Waals surface area contributed by atoms with E-state index in [1.54, 1.807) is 11.8 Å². The molecule has 0 aromatic carbocycles. The van der Waals surface area contributed by atoms with E-state index >= 15 is 0 Å². The number of fused-ring (bicyclic) bond motifs is 1. The largest absolute Gasteiger partial charge is 0.481 e. The zero-order chi connectivity index (χ0) is 18.9. The van der Waals surface area contributed by atoms with Crippen molar-refractivity contribution in [1.82, 2.24) is 20.4 Å². The summed E-state index contributed by atoms with van der Waals surface area (Å²) < 4.78 is 10.5. The van der Waals surface area contributed by atoms with Crippen molar-refractivity contribution in [1.29, 1.82) is 0 Å². The molecule has 2 fully saturated rings. The lowest BCUT2D eigenvalue weighted by molar-refractivity contribution is -0.149. The third kappa shape index (κ3) is 3.53. The summed E-state index contributed by atoms with van der Waals surface area (Å²) in [5.41, 5.74) is -0.784. The van der Waals surface area contributed by atoms with Crippen LogP contribution in [0.25, 0.3) is 0 Å². The fourth-order valence-corrected chi connectivity index (χ4v) is 3.88. The number of carbonyl (C=O) groups excluding carboxylic acids is 1. The third-order valence-electron chi connectivity index (χ3n) is 5.34. The van der Waals surface area contributed by atoms with Crippen LogP contribution in [0.3, 0.4) is 0 Å². The Bertz CT molecular complexity index is 676. The van der Waals surface area contributed by atoms with Gasteiger partial charge >= 0.3 is 12.0 Å². The van der Waals surface area contributed by atoms with Crippen LogP contribution in [0.1, 0.15) is 57.8 Å². The van der Waals surface area contributed by atoms with Crippen LogP contribution in [0.5, 0.6) is 0 Å². The predicted octanol–water partition coefficient (Wildman–Crippen LogP) is 1.95. The van der Waals surface area contributed by atoms with E-state index in [0.29, 0.717) is 24.7 Å². The average Bonchev–Trinajstić information content (AvgIpc) is 3.26. The number of carboxylic acid groups (broad SMARTS) is 1. The van der Waals surface area contributed by atoms with Gasteiger partial charge in [-0.05, 0) is 39.5 Å². The minimum atomic E-state index is -0.795. The molecular formula is C17H26N4O5. The molecule has 144 valence electrons. The number of nitrogens with zero attached hydrogens (tertiary/aromatic N) is 3. The molecule has 1 aromatic rings. The summed E-state index contributed by atoms with van der Waals surface area (Å²) >= 11 is 0. The molecule has 1 saturated heterocycles. The first-order chi connectivity index (χ1) is 12.3. The lowest BCUT2D eigenvalue weighted by atomic mass is 9.81. The van der Waals surface area contributed by atoms with Gasteiger partial charge in [-0.1, -0.05) is 11.6 Å². The highest BCUT2D eigenvalue weighted by atomic mass is 16.5. The molecule has 1 aromatic heterocycles. The van der Waals surface area contributed by atoms with Crippen LogP contribution in [0, 0.1) is 11.3 Å². The molecule has 9 heteroatoms. The molecule has 2 aliphatic rings. The molecule has 2 heterocycles. The number of likely N-dealkylation sites (tertiary alicyclic amines) is 1. The molecule has 1 unspecified atom stereocenters. The van der Waals surface area contributed by atoms with E-state index in [4.69, 9.17) is 9.26 Å². The zero-order valence-electron chi connectivity index (χ0n) is 15.4. The Morgan fingerprint density at radius 3 is 2.88 bits per heavy atom. The number of carboxylic acids is 1. The van der Waals surface area contributed by atoms with E-state index < -0.39 is 17.4 Å². The quantitative estimate of drug-likeness (QED) is 0.790. The number of hydrogen-bond acceptors (Lipinski definition) is 6. The Kier molecular flexibility index (Phi) is 5.17. The number of hydrogen-bond donors (Lipinski definition) is 2. The van der Waals surface area contributed by atoms with Crippen molar-refractivity contribution in [2.45, 2.75) is 58.8 Å². The van der Waals surface area contributed by atoms with Gasteiger partial charge in [0, 0.05) is 13.1 Å². The Labute approximate surface area is 152 Å². The van der Waals surface area contributed by atoms with E-state index in [1.165, 1.54) is 0 Å². The van der Waals surface area contributed by atoms with Crippen LogP contribution in [-0.2, 0) is 16.1 Å². The first kappa shape index (κ1) is 18.6. The Morgan fingerprint density at radius 1 is 1.46 bits per heavy atom. The molecule has 1 aliphatic heterocycles. The van der Waals surface area contributed by atoms with Crippen LogP contribution in [0.15, 0.2) is 4.52 Å². The minimum Gasteiger partial charge on any atom is -0.481 e. The van der Waals surface area contributed by atoms with Gasteiger partial charge in [0.15, 0.2) is 5.82 Å². The van der Waals surface area contributed by atoms with Gasteiger partial charge in [-0.25, -0.2) is 4.79 Å². The molecule has 9 nitrogen and oxygen atoms in total. The number of rotatable bonds is 6. The van der Waals surface area contributed by atoms with Gasteiger partial charge in [0.1, 0.15) is 6.61 Å². The highest BCUT2D eigenvalue weighted by molar-refractivity contribution is 5.80. The summed E-state index contributed by atoms with van der Waals surface area (Å²) in [4.78, 5) is 30.1. The molecule has 1 aliphatic carbocycles. The summed E-state index contributed by atoms with van der Waals surface area (Å²) in [6.45, 7) is 6.54. The van der Waals surface area contributed by atoms with Crippen molar-refractivity contribution in [3.63, 3.8) is 0 Å². The molecule has 2 N–H and O–H groups in total. The summed E-state index contributed by atoms with van der Waals surface area (Å²) in [6.07, 6.45) is 2.46. The second kappa shape index (κ2) is 7.22. The summed E-state index contributed by atoms with van der Waals surface area (Å²) in [6, 6.07) is -0.738. The van der Waals surface area contributed by atoms with Crippen LogP contribution in [0.4, 0.5) is 4.79 Å². The fourth-order valence-electron chi connectivity index (χ4n) is 3.88. The van der Waals surface area contributed by atoms with Gasteiger partial charge in [-0.15, -0.1) is 0 Å². The van der Waals surface area contributed by atoms with E-state index in [2.05, 4.69) is 15.5 Å². The van der Waals surface area contributed by atoms with Gasteiger partial charge in [0.2, 0.25) is 0 Å². The van der Waals surface area contributed by atoms with Crippen molar-refractivity contribution >= 4 is 12.0 Å². The number of amides is 2. The molecule has 3 rings (SSSR count). The van der Waals surface area contributed by atoms with E-state index in [9.17, 15) is 14.7 Å². The number of urea groups is 1. The topological polar surface area (TPSA) is 118 Å². The van der Waals surface area contributed by atoms with Gasteiger partial charge in [-0.3, -0.25) is 4.79 Å². The Hall–Kier alpha value is -2.16. The van der Waals surface area contributed by atoms with Crippen LogP contribution >= 0.6 is 0 Å². The third-order valence-corrected chi connectivity index (χ3v) is 5.34. The fraction of sp³-hybridized carbons (Fsp3) is 0.765. The molecule has 2 amide bonds. The summed E-state index contributed by atoms with van der Waals surface area (Å²) in [7, 11) is 0. The number of ether oxygens (including phenoxy) is 1. The van der Waals surface area contributed by atoms with Gasteiger partial charge in [-0.2, -0.15) is 4.98 Å². The normalized spacial score (nSPS) is 26.2. The van der Waals surface area contributed by atoms with Gasteiger partial charge in [0.05, 0.1) is 17.6 Å². The van der Waals surface area contributed by atoms with Crippen molar-refractivity contribution in [3.05, 3.63) is 11.7 Å². The number of carbonyl (C=O) groups is 2. The zero-order valence-corrected chi connectivity index (χ0v) is 15.4. The predicted molar refractivity (Wildman–Crippen MR) is 90.2 cm³/mol.